The van der Waals surface area contributed by atoms with Gasteiger partial charge in [0, 0.05) is 18.8 Å². The molecule has 3 N–H and O–H groups in total. The highest BCUT2D eigenvalue weighted by atomic mass is 19.1. The molecule has 0 aliphatic carbocycles. The van der Waals surface area contributed by atoms with Crippen molar-refractivity contribution in [2.45, 2.75) is 26.8 Å². The third kappa shape index (κ3) is 3.47. The number of anilines is 2. The number of halogens is 1. The number of nitrogens with zero attached hydrogens (tertiary/aromatic N) is 2. The lowest BCUT2D eigenvalue weighted by Crippen LogP contribution is -2.10. The number of nitrogen functional groups attached to an aromatic ring is 1. The molecule has 0 saturated heterocycles. The molecule has 0 saturated carbocycles. The molecule has 2 rings (SSSR count). The molecule has 2 aromatic rings. The Kier molecular flexibility index (Phi) is 4.04. The third-order valence-electron chi connectivity index (χ3n) is 2.98. The topological polar surface area (TPSA) is 55.9 Å². The van der Waals surface area contributed by atoms with Gasteiger partial charge in [0.25, 0.3) is 0 Å². The van der Waals surface area contributed by atoms with Crippen LogP contribution in [0.2, 0.25) is 0 Å². The number of nitrogens with one attached hydrogen (secondary N) is 1. The molecular formula is C14H19FN4. The molecule has 19 heavy (non-hydrogen) atoms. The van der Waals surface area contributed by atoms with Crippen LogP contribution in [0.1, 0.15) is 17.8 Å². The first-order chi connectivity index (χ1) is 9.06. The zero-order valence-electron chi connectivity index (χ0n) is 11.3. The molecule has 102 valence electrons. The molecule has 1 aromatic carbocycles. The molecule has 0 unspecified atom stereocenters. The molecular weight excluding hydrogens is 243 g/mol. The van der Waals surface area contributed by atoms with Crippen LogP contribution in [0.3, 0.4) is 0 Å². The summed E-state index contributed by atoms with van der Waals surface area (Å²) in [7, 11) is 0. The second kappa shape index (κ2) is 5.73. The van der Waals surface area contributed by atoms with E-state index in [1.165, 1.54) is 12.1 Å². The monoisotopic (exact) mass is 262 g/mol. The summed E-state index contributed by atoms with van der Waals surface area (Å²) in [5.41, 5.74) is 9.16. The quantitative estimate of drug-likeness (QED) is 0.643. The van der Waals surface area contributed by atoms with E-state index in [0.29, 0.717) is 11.4 Å². The van der Waals surface area contributed by atoms with Crippen LogP contribution in [-0.4, -0.2) is 16.3 Å². The first kappa shape index (κ1) is 13.4. The van der Waals surface area contributed by atoms with Gasteiger partial charge >= 0.3 is 0 Å². The summed E-state index contributed by atoms with van der Waals surface area (Å²) < 4.78 is 15.0. The second-order valence-corrected chi connectivity index (χ2v) is 4.66. The van der Waals surface area contributed by atoms with Crippen molar-refractivity contribution in [2.24, 2.45) is 0 Å². The van der Waals surface area contributed by atoms with Gasteiger partial charge in [0.1, 0.15) is 5.82 Å². The Morgan fingerprint density at radius 2 is 2.11 bits per heavy atom. The molecule has 0 radical (unpaired) electrons. The lowest BCUT2D eigenvalue weighted by molar-refractivity contribution is 0.573. The number of rotatable bonds is 5. The number of benzene rings is 1. The largest absolute Gasteiger partial charge is 0.397 e. The van der Waals surface area contributed by atoms with E-state index in [9.17, 15) is 4.39 Å². The average Bonchev–Trinajstić information content (AvgIpc) is 2.67. The molecule has 0 aliphatic heterocycles. The van der Waals surface area contributed by atoms with E-state index in [1.54, 1.807) is 6.07 Å². The molecule has 0 bridgehead atoms. The minimum Gasteiger partial charge on any atom is -0.397 e. The van der Waals surface area contributed by atoms with Gasteiger partial charge in [-0.1, -0.05) is 0 Å². The van der Waals surface area contributed by atoms with E-state index in [4.69, 9.17) is 5.73 Å². The Hall–Kier alpha value is -2.04. The van der Waals surface area contributed by atoms with Crippen LogP contribution >= 0.6 is 0 Å². The Balaban J connectivity index is 1.84. The average molecular weight is 262 g/mol. The number of aromatic nitrogens is 2. The Labute approximate surface area is 112 Å². The predicted octanol–water partition coefficient (Wildman–Crippen LogP) is 2.72. The second-order valence-electron chi connectivity index (χ2n) is 4.66. The summed E-state index contributed by atoms with van der Waals surface area (Å²) in [4.78, 5) is 0. The number of nitrogens with two attached hydrogens (primary N) is 1. The van der Waals surface area contributed by atoms with Gasteiger partial charge in [-0.3, -0.25) is 4.68 Å². The Morgan fingerprint density at radius 3 is 2.79 bits per heavy atom. The fourth-order valence-corrected chi connectivity index (χ4v) is 2.03. The van der Waals surface area contributed by atoms with E-state index in [-0.39, 0.29) is 5.82 Å². The molecule has 0 aliphatic rings. The van der Waals surface area contributed by atoms with Crippen LogP contribution in [0, 0.1) is 19.7 Å². The lowest BCUT2D eigenvalue weighted by Gasteiger charge is -2.10. The Bertz CT molecular complexity index is 563. The van der Waals surface area contributed by atoms with E-state index >= 15 is 0 Å². The first-order valence-corrected chi connectivity index (χ1v) is 6.36. The molecule has 1 aromatic heterocycles. The maximum Gasteiger partial charge on any atom is 0.125 e. The van der Waals surface area contributed by atoms with E-state index in [2.05, 4.69) is 16.5 Å². The molecule has 1 heterocycles. The maximum atomic E-state index is 13.1. The summed E-state index contributed by atoms with van der Waals surface area (Å²) >= 11 is 0. The number of hydrogen-bond acceptors (Lipinski definition) is 3. The van der Waals surface area contributed by atoms with Crippen LogP contribution in [0.15, 0.2) is 24.3 Å². The summed E-state index contributed by atoms with van der Waals surface area (Å²) in [6.45, 7) is 5.58. The van der Waals surface area contributed by atoms with Gasteiger partial charge in [-0.2, -0.15) is 5.10 Å². The van der Waals surface area contributed by atoms with Crippen molar-refractivity contribution in [1.82, 2.24) is 9.78 Å². The summed E-state index contributed by atoms with van der Waals surface area (Å²) in [6.07, 6.45) is 0.901. The molecule has 5 heteroatoms. The van der Waals surface area contributed by atoms with E-state index in [0.717, 1.165) is 30.9 Å². The van der Waals surface area contributed by atoms with Crippen LogP contribution in [0.25, 0.3) is 0 Å². The SMILES string of the molecule is Cc1cc(C)n(CCCNc2cc(F)ccc2N)n1. The highest BCUT2D eigenvalue weighted by Crippen LogP contribution is 2.18. The van der Waals surface area contributed by atoms with Gasteiger partial charge in [-0.05, 0) is 44.5 Å². The molecule has 0 atom stereocenters. The smallest absolute Gasteiger partial charge is 0.125 e. The van der Waals surface area contributed by atoms with E-state index < -0.39 is 0 Å². The van der Waals surface area contributed by atoms with Crippen molar-refractivity contribution in [3.8, 4) is 0 Å². The number of hydrogen-bond donors (Lipinski definition) is 2. The van der Waals surface area contributed by atoms with Crippen molar-refractivity contribution >= 4 is 11.4 Å². The van der Waals surface area contributed by atoms with Crippen LogP contribution in [-0.2, 0) is 6.54 Å². The van der Waals surface area contributed by atoms with Gasteiger partial charge < -0.3 is 11.1 Å². The van der Waals surface area contributed by atoms with Crippen molar-refractivity contribution in [3.63, 3.8) is 0 Å². The third-order valence-corrected chi connectivity index (χ3v) is 2.98. The van der Waals surface area contributed by atoms with Crippen molar-refractivity contribution < 1.29 is 4.39 Å². The van der Waals surface area contributed by atoms with Crippen LogP contribution in [0.5, 0.6) is 0 Å². The normalized spacial score (nSPS) is 10.7. The van der Waals surface area contributed by atoms with Gasteiger partial charge in [0.05, 0.1) is 17.1 Å². The molecule has 0 spiro atoms. The zero-order chi connectivity index (χ0) is 13.8. The van der Waals surface area contributed by atoms with Crippen LogP contribution in [0.4, 0.5) is 15.8 Å². The van der Waals surface area contributed by atoms with Crippen LogP contribution < -0.4 is 11.1 Å². The van der Waals surface area contributed by atoms with Gasteiger partial charge in [0.2, 0.25) is 0 Å². The summed E-state index contributed by atoms with van der Waals surface area (Å²) in [5.74, 6) is -0.282. The van der Waals surface area contributed by atoms with Crippen molar-refractivity contribution in [3.05, 3.63) is 41.5 Å². The number of aryl methyl sites for hydroxylation is 3. The van der Waals surface area contributed by atoms with Gasteiger partial charge in [-0.25, -0.2) is 4.39 Å². The van der Waals surface area contributed by atoms with E-state index in [1.807, 2.05) is 18.5 Å². The van der Waals surface area contributed by atoms with Crippen molar-refractivity contribution in [2.75, 3.05) is 17.6 Å². The Morgan fingerprint density at radius 1 is 1.32 bits per heavy atom. The zero-order valence-corrected chi connectivity index (χ0v) is 11.3. The lowest BCUT2D eigenvalue weighted by atomic mass is 10.2. The molecule has 0 amide bonds. The highest BCUT2D eigenvalue weighted by Gasteiger charge is 2.02. The fraction of sp³-hybridized carbons (Fsp3) is 0.357. The minimum absolute atomic E-state index is 0.282. The molecule has 0 fully saturated rings. The minimum atomic E-state index is -0.282. The van der Waals surface area contributed by atoms with Gasteiger partial charge in [0.15, 0.2) is 0 Å². The summed E-state index contributed by atoms with van der Waals surface area (Å²) in [6, 6.07) is 6.39. The first-order valence-electron chi connectivity index (χ1n) is 6.36. The highest BCUT2D eigenvalue weighted by molar-refractivity contribution is 5.65. The van der Waals surface area contributed by atoms with Gasteiger partial charge in [-0.15, -0.1) is 0 Å². The fourth-order valence-electron chi connectivity index (χ4n) is 2.03. The predicted molar refractivity (Wildman–Crippen MR) is 75.6 cm³/mol. The van der Waals surface area contributed by atoms with Crippen molar-refractivity contribution in [1.29, 1.82) is 0 Å². The molecule has 4 nitrogen and oxygen atoms in total. The maximum absolute atomic E-state index is 13.1. The summed E-state index contributed by atoms with van der Waals surface area (Å²) in [5, 5.41) is 7.53. The standard InChI is InChI=1S/C14H19FN4/c1-10-8-11(2)19(18-10)7-3-6-17-14-9-12(15)4-5-13(14)16/h4-5,8-9,17H,3,6-7,16H2,1-2H3.